The number of rotatable bonds is 10. The van der Waals surface area contributed by atoms with Crippen molar-refractivity contribution in [3.63, 3.8) is 0 Å². The van der Waals surface area contributed by atoms with Gasteiger partial charge in [-0.05, 0) is 48.4 Å². The van der Waals surface area contributed by atoms with Crippen molar-refractivity contribution in [1.82, 2.24) is 24.3 Å². The van der Waals surface area contributed by atoms with E-state index in [0.717, 1.165) is 44.2 Å². The summed E-state index contributed by atoms with van der Waals surface area (Å²) in [7, 11) is 0. The minimum atomic E-state index is -0.835. The number of carbonyl (C=O) groups excluding carboxylic acids is 2. The van der Waals surface area contributed by atoms with Gasteiger partial charge in [0, 0.05) is 67.9 Å². The molecular formula is C34H31Cl3N6O2. The van der Waals surface area contributed by atoms with Crippen LogP contribution in [0.3, 0.4) is 0 Å². The molecule has 1 fully saturated rings. The summed E-state index contributed by atoms with van der Waals surface area (Å²) >= 11 is 18.5. The Hall–Kier alpha value is -3.79. The van der Waals surface area contributed by atoms with E-state index in [9.17, 15) is 9.59 Å². The number of benzene rings is 2. The van der Waals surface area contributed by atoms with Crippen LogP contribution in [-0.4, -0.2) is 68.7 Å². The minimum Gasteiger partial charge on any atom is -0.332 e. The fraction of sp³-hybridized carbons (Fsp3) is 0.235. The summed E-state index contributed by atoms with van der Waals surface area (Å²) in [4.78, 5) is 39.6. The molecule has 5 aromatic rings. The van der Waals surface area contributed by atoms with Crippen molar-refractivity contribution >= 4 is 63.2 Å². The molecule has 11 heteroatoms. The summed E-state index contributed by atoms with van der Waals surface area (Å²) in [6.07, 6.45) is 6.97. The largest absolute Gasteiger partial charge is 0.332 e. The Morgan fingerprint density at radius 3 is 2.22 bits per heavy atom. The highest BCUT2D eigenvalue weighted by Crippen LogP contribution is 2.31. The van der Waals surface area contributed by atoms with Crippen LogP contribution >= 0.6 is 34.8 Å². The van der Waals surface area contributed by atoms with Crippen LogP contribution in [0.15, 0.2) is 91.5 Å². The highest BCUT2D eigenvalue weighted by atomic mass is 35.5. The van der Waals surface area contributed by atoms with E-state index in [1.54, 1.807) is 24.5 Å². The molecule has 0 bridgehead atoms. The summed E-state index contributed by atoms with van der Waals surface area (Å²) in [6, 6.07) is 22.5. The predicted octanol–water partition coefficient (Wildman–Crippen LogP) is 7.01. The number of nitrogens with zero attached hydrogens (tertiary/aromatic N) is 5. The molecule has 45 heavy (non-hydrogen) atoms. The summed E-state index contributed by atoms with van der Waals surface area (Å²) in [6.45, 7) is 5.34. The van der Waals surface area contributed by atoms with Gasteiger partial charge in [0.15, 0.2) is 0 Å². The third-order valence-electron chi connectivity index (χ3n) is 8.12. The number of ketones is 1. The third-order valence-corrected chi connectivity index (χ3v) is 8.95. The van der Waals surface area contributed by atoms with Crippen molar-refractivity contribution in [2.24, 2.45) is 0 Å². The van der Waals surface area contributed by atoms with E-state index in [4.69, 9.17) is 34.8 Å². The molecule has 1 atom stereocenters. The lowest BCUT2D eigenvalue weighted by molar-refractivity contribution is -0.112. The number of piperazine rings is 1. The average molecular weight is 662 g/mol. The zero-order valence-corrected chi connectivity index (χ0v) is 26.6. The number of anilines is 1. The van der Waals surface area contributed by atoms with Gasteiger partial charge in [0.2, 0.25) is 0 Å². The highest BCUT2D eigenvalue weighted by Gasteiger charge is 2.27. The highest BCUT2D eigenvalue weighted by molar-refractivity contribution is 6.50. The molecule has 1 aliphatic rings. The monoisotopic (exact) mass is 660 g/mol. The van der Waals surface area contributed by atoms with E-state index >= 15 is 0 Å². The van der Waals surface area contributed by atoms with Crippen LogP contribution < -0.4 is 5.32 Å². The molecule has 1 N–H and O–H groups in total. The van der Waals surface area contributed by atoms with Crippen LogP contribution in [0.2, 0.25) is 15.1 Å². The van der Waals surface area contributed by atoms with Gasteiger partial charge in [0.1, 0.15) is 5.65 Å². The zero-order chi connectivity index (χ0) is 31.3. The number of amides is 1. The van der Waals surface area contributed by atoms with Gasteiger partial charge < -0.3 is 14.8 Å². The number of fused-ring (bicyclic) bond motifs is 1. The number of aromatic nitrogens is 3. The molecule has 1 amide bonds. The Kier molecular flexibility index (Phi) is 9.78. The van der Waals surface area contributed by atoms with Gasteiger partial charge in [0.05, 0.1) is 27.3 Å². The Morgan fingerprint density at radius 1 is 0.822 bits per heavy atom. The van der Waals surface area contributed by atoms with Crippen molar-refractivity contribution in [2.45, 2.75) is 19.0 Å². The number of nitrogens with one attached hydrogen (secondary N) is 1. The summed E-state index contributed by atoms with van der Waals surface area (Å²) in [5.41, 5.74) is 3.59. The third kappa shape index (κ3) is 7.06. The SMILES string of the molecule is O=C(Nc1c(Cl)cncc1Cl)C(=O)c1cn(CCCN2CCN(C(c3ccccc3)c3ccc(Cl)cc3)CC2)c2ncccc12. The number of aryl methyl sites for hydroxylation is 1. The van der Waals surface area contributed by atoms with Gasteiger partial charge in [0.25, 0.3) is 11.7 Å². The van der Waals surface area contributed by atoms with Gasteiger partial charge in [-0.3, -0.25) is 19.5 Å². The number of Topliss-reactive ketones (excluding diaryl/α,β-unsaturated/α-hetero) is 1. The van der Waals surface area contributed by atoms with Crippen LogP contribution in [0.1, 0.15) is 33.9 Å². The first kappa shape index (κ1) is 31.2. The summed E-state index contributed by atoms with van der Waals surface area (Å²) in [5, 5.41) is 4.18. The molecular weight excluding hydrogens is 631 g/mol. The first-order valence-electron chi connectivity index (χ1n) is 14.7. The lowest BCUT2D eigenvalue weighted by Crippen LogP contribution is -2.48. The van der Waals surface area contributed by atoms with Crippen LogP contribution in [0.4, 0.5) is 5.69 Å². The van der Waals surface area contributed by atoms with Crippen molar-refractivity contribution in [3.8, 4) is 0 Å². The molecule has 2 aromatic carbocycles. The number of pyridine rings is 2. The molecule has 0 spiro atoms. The van der Waals surface area contributed by atoms with Crippen molar-refractivity contribution in [2.75, 3.05) is 38.0 Å². The van der Waals surface area contributed by atoms with Crippen LogP contribution in [-0.2, 0) is 11.3 Å². The zero-order valence-electron chi connectivity index (χ0n) is 24.4. The van der Waals surface area contributed by atoms with Gasteiger partial charge in [-0.15, -0.1) is 0 Å². The van der Waals surface area contributed by atoms with E-state index < -0.39 is 11.7 Å². The van der Waals surface area contributed by atoms with Gasteiger partial charge in [-0.2, -0.15) is 0 Å². The fourth-order valence-electron chi connectivity index (χ4n) is 5.90. The Bertz CT molecular complexity index is 1780. The first-order chi connectivity index (χ1) is 21.9. The Balaban J connectivity index is 1.09. The van der Waals surface area contributed by atoms with E-state index in [2.05, 4.69) is 61.5 Å². The van der Waals surface area contributed by atoms with Crippen LogP contribution in [0, 0.1) is 0 Å². The summed E-state index contributed by atoms with van der Waals surface area (Å²) in [5.74, 6) is -1.53. The second-order valence-corrected chi connectivity index (χ2v) is 12.2. The smallest absolute Gasteiger partial charge is 0.296 e. The molecule has 8 nitrogen and oxygen atoms in total. The molecule has 0 aliphatic carbocycles. The molecule has 0 saturated carbocycles. The molecule has 4 heterocycles. The van der Waals surface area contributed by atoms with E-state index in [1.165, 1.54) is 23.5 Å². The van der Waals surface area contributed by atoms with Gasteiger partial charge in [-0.1, -0.05) is 77.3 Å². The standard InChI is InChI=1S/C34H31Cl3N6O2/c35-25-11-9-24(10-12-25)31(23-6-2-1-3-7-23)42-18-16-41(17-19-42)14-5-15-43-22-27(26-8-4-13-39-33(26)43)32(44)34(45)40-30-28(36)20-38-21-29(30)37/h1-4,6-13,20-22,31H,5,14-19H2,(H,38,40,45). The Labute approximate surface area is 276 Å². The van der Waals surface area contributed by atoms with Crippen LogP contribution in [0.25, 0.3) is 11.0 Å². The van der Waals surface area contributed by atoms with Gasteiger partial charge in [-0.25, -0.2) is 4.98 Å². The normalized spacial score (nSPS) is 14.8. The maximum absolute atomic E-state index is 13.3. The van der Waals surface area contributed by atoms with Crippen molar-refractivity contribution < 1.29 is 9.59 Å². The average Bonchev–Trinajstić information content (AvgIpc) is 3.43. The number of hydrogen-bond donors (Lipinski definition) is 1. The molecule has 1 saturated heterocycles. The van der Waals surface area contributed by atoms with E-state index in [1.807, 2.05) is 22.8 Å². The fourth-order valence-corrected chi connectivity index (χ4v) is 6.49. The molecule has 6 rings (SSSR count). The second kappa shape index (κ2) is 14.1. The Morgan fingerprint density at radius 2 is 1.51 bits per heavy atom. The van der Waals surface area contributed by atoms with Crippen molar-refractivity contribution in [3.05, 3.63) is 123 Å². The summed E-state index contributed by atoms with van der Waals surface area (Å²) < 4.78 is 1.95. The lowest BCUT2D eigenvalue weighted by atomic mass is 9.96. The van der Waals surface area contributed by atoms with E-state index in [0.29, 0.717) is 17.6 Å². The second-order valence-electron chi connectivity index (χ2n) is 11.0. The quantitative estimate of drug-likeness (QED) is 0.128. The lowest BCUT2D eigenvalue weighted by Gasteiger charge is -2.40. The molecule has 230 valence electrons. The molecule has 1 unspecified atom stereocenters. The predicted molar refractivity (Wildman–Crippen MR) is 179 cm³/mol. The minimum absolute atomic E-state index is 0.147. The molecule has 3 aromatic heterocycles. The van der Waals surface area contributed by atoms with E-state index in [-0.39, 0.29) is 27.3 Å². The van der Waals surface area contributed by atoms with Gasteiger partial charge >= 0.3 is 0 Å². The first-order valence-corrected chi connectivity index (χ1v) is 15.9. The number of halogens is 3. The molecule has 0 radical (unpaired) electrons. The molecule has 1 aliphatic heterocycles. The maximum Gasteiger partial charge on any atom is 0.296 e. The van der Waals surface area contributed by atoms with Crippen LogP contribution in [0.5, 0.6) is 0 Å². The number of hydrogen-bond acceptors (Lipinski definition) is 6. The maximum atomic E-state index is 13.3. The number of carbonyl (C=O) groups is 2. The topological polar surface area (TPSA) is 83.4 Å². The van der Waals surface area contributed by atoms with Crippen molar-refractivity contribution in [1.29, 1.82) is 0 Å².